The molecule has 0 radical (unpaired) electrons. The number of amides is 1. The molecule has 0 unspecified atom stereocenters. The van der Waals surface area contributed by atoms with E-state index in [2.05, 4.69) is 16.4 Å². The fourth-order valence-corrected chi connectivity index (χ4v) is 3.48. The molecule has 0 spiro atoms. The molecular weight excluding hydrogens is 320 g/mol. The van der Waals surface area contributed by atoms with Crippen LogP contribution in [0.3, 0.4) is 0 Å². The first-order chi connectivity index (χ1) is 11.7. The molecule has 1 saturated carbocycles. The Labute approximate surface area is 146 Å². The SMILES string of the molecule is O=C(NCCc1ccc(Cl)cc1)C1(c2c[nH]c3ccccc23)CC1. The van der Waals surface area contributed by atoms with E-state index in [1.54, 1.807) is 0 Å². The van der Waals surface area contributed by atoms with E-state index >= 15 is 0 Å². The topological polar surface area (TPSA) is 44.9 Å². The van der Waals surface area contributed by atoms with Gasteiger partial charge in [-0.2, -0.15) is 0 Å². The molecule has 2 N–H and O–H groups in total. The molecule has 4 heteroatoms. The molecule has 0 aliphatic heterocycles. The van der Waals surface area contributed by atoms with Crippen molar-refractivity contribution in [2.45, 2.75) is 24.7 Å². The van der Waals surface area contributed by atoms with Crippen LogP contribution in [0.4, 0.5) is 0 Å². The van der Waals surface area contributed by atoms with Gasteiger partial charge in [-0.15, -0.1) is 0 Å². The van der Waals surface area contributed by atoms with Crippen LogP contribution in [-0.4, -0.2) is 17.4 Å². The molecule has 1 aliphatic carbocycles. The summed E-state index contributed by atoms with van der Waals surface area (Å²) in [7, 11) is 0. The summed E-state index contributed by atoms with van der Waals surface area (Å²) in [6.45, 7) is 0.643. The van der Waals surface area contributed by atoms with E-state index < -0.39 is 0 Å². The second-order valence-electron chi connectivity index (χ2n) is 6.46. The Morgan fingerprint density at radius 3 is 2.62 bits per heavy atom. The molecule has 4 rings (SSSR count). The van der Waals surface area contributed by atoms with Crippen molar-refractivity contribution in [3.63, 3.8) is 0 Å². The van der Waals surface area contributed by atoms with Crippen molar-refractivity contribution in [1.29, 1.82) is 0 Å². The molecule has 1 aromatic heterocycles. The van der Waals surface area contributed by atoms with Gasteiger partial charge in [-0.1, -0.05) is 41.9 Å². The highest BCUT2D eigenvalue weighted by atomic mass is 35.5. The van der Waals surface area contributed by atoms with Crippen LogP contribution in [-0.2, 0) is 16.6 Å². The first-order valence-corrected chi connectivity index (χ1v) is 8.66. The molecule has 1 heterocycles. The van der Waals surface area contributed by atoms with E-state index in [0.717, 1.165) is 40.8 Å². The van der Waals surface area contributed by atoms with Crippen LogP contribution in [0.15, 0.2) is 54.7 Å². The smallest absolute Gasteiger partial charge is 0.230 e. The Morgan fingerprint density at radius 1 is 1.12 bits per heavy atom. The van der Waals surface area contributed by atoms with Gasteiger partial charge in [0.1, 0.15) is 0 Å². The lowest BCUT2D eigenvalue weighted by atomic mass is 9.94. The third kappa shape index (κ3) is 2.69. The number of aromatic amines is 1. The van der Waals surface area contributed by atoms with Gasteiger partial charge in [0, 0.05) is 28.7 Å². The van der Waals surface area contributed by atoms with Crippen molar-refractivity contribution >= 4 is 28.4 Å². The highest BCUT2D eigenvalue weighted by Crippen LogP contribution is 2.50. The zero-order valence-electron chi connectivity index (χ0n) is 13.3. The number of benzene rings is 2. The van der Waals surface area contributed by atoms with Gasteiger partial charge < -0.3 is 10.3 Å². The van der Waals surface area contributed by atoms with E-state index in [0.29, 0.717) is 6.54 Å². The Balaban J connectivity index is 1.45. The number of carbonyl (C=O) groups excluding carboxylic acids is 1. The Hall–Kier alpha value is -2.26. The van der Waals surface area contributed by atoms with Gasteiger partial charge in [-0.25, -0.2) is 0 Å². The number of hydrogen-bond donors (Lipinski definition) is 2. The van der Waals surface area contributed by atoms with E-state index in [-0.39, 0.29) is 11.3 Å². The van der Waals surface area contributed by atoms with Crippen molar-refractivity contribution < 1.29 is 4.79 Å². The molecule has 1 fully saturated rings. The third-order valence-electron chi connectivity index (χ3n) is 4.90. The Bertz CT molecular complexity index is 878. The van der Waals surface area contributed by atoms with Crippen LogP contribution >= 0.6 is 11.6 Å². The van der Waals surface area contributed by atoms with Gasteiger partial charge >= 0.3 is 0 Å². The average Bonchev–Trinajstić information content (AvgIpc) is 3.30. The minimum Gasteiger partial charge on any atom is -0.361 e. The maximum absolute atomic E-state index is 12.8. The number of aromatic nitrogens is 1. The lowest BCUT2D eigenvalue weighted by molar-refractivity contribution is -0.123. The quantitative estimate of drug-likeness (QED) is 0.719. The van der Waals surface area contributed by atoms with Crippen molar-refractivity contribution in [2.75, 3.05) is 6.54 Å². The number of rotatable bonds is 5. The maximum Gasteiger partial charge on any atom is 0.230 e. The predicted octanol–water partition coefficient (Wildman–Crippen LogP) is 4.21. The summed E-state index contributed by atoms with van der Waals surface area (Å²) in [5, 5.41) is 5.01. The number of fused-ring (bicyclic) bond motifs is 1. The third-order valence-corrected chi connectivity index (χ3v) is 5.15. The van der Waals surface area contributed by atoms with Gasteiger partial charge in [0.25, 0.3) is 0 Å². The number of H-pyrrole nitrogens is 1. The molecule has 0 bridgehead atoms. The van der Waals surface area contributed by atoms with Gasteiger partial charge in [-0.3, -0.25) is 4.79 Å². The van der Waals surface area contributed by atoms with Crippen LogP contribution in [0.1, 0.15) is 24.0 Å². The first-order valence-electron chi connectivity index (χ1n) is 8.28. The lowest BCUT2D eigenvalue weighted by Crippen LogP contribution is -2.35. The van der Waals surface area contributed by atoms with Gasteiger partial charge in [0.05, 0.1) is 5.41 Å². The van der Waals surface area contributed by atoms with Crippen LogP contribution in [0.5, 0.6) is 0 Å². The summed E-state index contributed by atoms with van der Waals surface area (Å²) in [5.74, 6) is 0.140. The standard InChI is InChI=1S/C20H19ClN2O/c21-15-7-5-14(6-8-15)9-12-22-19(24)20(10-11-20)17-13-23-18-4-2-1-3-16(17)18/h1-8,13,23H,9-12H2,(H,22,24). The summed E-state index contributed by atoms with van der Waals surface area (Å²) < 4.78 is 0. The summed E-state index contributed by atoms with van der Waals surface area (Å²) in [6, 6.07) is 15.9. The van der Waals surface area contributed by atoms with Gasteiger partial charge in [0.15, 0.2) is 0 Å². The molecule has 122 valence electrons. The number of para-hydroxylation sites is 1. The molecule has 0 atom stereocenters. The minimum absolute atomic E-state index is 0.140. The predicted molar refractivity (Wildman–Crippen MR) is 97.4 cm³/mol. The lowest BCUT2D eigenvalue weighted by Gasteiger charge is -2.15. The highest BCUT2D eigenvalue weighted by Gasteiger charge is 2.52. The number of nitrogens with one attached hydrogen (secondary N) is 2. The normalized spacial score (nSPS) is 15.4. The molecular formula is C20H19ClN2O. The van der Waals surface area contributed by atoms with Crippen LogP contribution < -0.4 is 5.32 Å². The second-order valence-corrected chi connectivity index (χ2v) is 6.90. The van der Waals surface area contributed by atoms with Crippen LogP contribution in [0, 0.1) is 0 Å². The largest absolute Gasteiger partial charge is 0.361 e. The first kappa shape index (κ1) is 15.3. The van der Waals surface area contributed by atoms with Crippen LogP contribution in [0.25, 0.3) is 10.9 Å². The van der Waals surface area contributed by atoms with E-state index in [9.17, 15) is 4.79 Å². The minimum atomic E-state index is -0.348. The van der Waals surface area contributed by atoms with Crippen molar-refractivity contribution in [2.24, 2.45) is 0 Å². The van der Waals surface area contributed by atoms with E-state index in [1.165, 1.54) is 5.56 Å². The molecule has 1 aliphatic rings. The van der Waals surface area contributed by atoms with Gasteiger partial charge in [0.2, 0.25) is 5.91 Å². The summed E-state index contributed by atoms with van der Waals surface area (Å²) in [6.07, 6.45) is 4.65. The van der Waals surface area contributed by atoms with Crippen molar-refractivity contribution in [1.82, 2.24) is 10.3 Å². The Kier molecular flexibility index (Phi) is 3.81. The fraction of sp³-hybridized carbons (Fsp3) is 0.250. The Morgan fingerprint density at radius 2 is 1.88 bits per heavy atom. The molecule has 3 nitrogen and oxygen atoms in total. The molecule has 3 aromatic rings. The molecule has 24 heavy (non-hydrogen) atoms. The summed E-state index contributed by atoms with van der Waals surface area (Å²) in [4.78, 5) is 16.1. The van der Waals surface area contributed by atoms with Crippen LogP contribution in [0.2, 0.25) is 5.02 Å². The second kappa shape index (κ2) is 5.99. The number of hydrogen-bond acceptors (Lipinski definition) is 1. The molecule has 1 amide bonds. The average molecular weight is 339 g/mol. The molecule has 0 saturated heterocycles. The van der Waals surface area contributed by atoms with Gasteiger partial charge in [-0.05, 0) is 48.6 Å². The summed E-state index contributed by atoms with van der Waals surface area (Å²) in [5.41, 5.74) is 3.05. The number of halogens is 1. The number of carbonyl (C=O) groups is 1. The zero-order valence-corrected chi connectivity index (χ0v) is 14.1. The monoisotopic (exact) mass is 338 g/mol. The molecule has 2 aromatic carbocycles. The van der Waals surface area contributed by atoms with Crippen molar-refractivity contribution in [3.05, 3.63) is 70.9 Å². The fourth-order valence-electron chi connectivity index (χ4n) is 3.35. The highest BCUT2D eigenvalue weighted by molar-refractivity contribution is 6.30. The zero-order chi connectivity index (χ0) is 16.6. The van der Waals surface area contributed by atoms with E-state index in [4.69, 9.17) is 11.6 Å². The maximum atomic E-state index is 12.8. The van der Waals surface area contributed by atoms with E-state index in [1.807, 2.05) is 48.7 Å². The summed E-state index contributed by atoms with van der Waals surface area (Å²) >= 11 is 5.90. The van der Waals surface area contributed by atoms with Crippen molar-refractivity contribution in [3.8, 4) is 0 Å².